The van der Waals surface area contributed by atoms with Gasteiger partial charge in [0.05, 0.1) is 16.5 Å². The predicted octanol–water partition coefficient (Wildman–Crippen LogP) is 1.69. The number of nitrogen functional groups attached to an aromatic ring is 1. The first-order valence-electron chi connectivity index (χ1n) is 5.02. The molecule has 0 saturated heterocycles. The van der Waals surface area contributed by atoms with Gasteiger partial charge in [0.15, 0.2) is 5.03 Å². The molecule has 0 atom stereocenters. The molecule has 0 amide bonds. The highest BCUT2D eigenvalue weighted by Crippen LogP contribution is 2.22. The molecule has 0 aliphatic rings. The van der Waals surface area contributed by atoms with Gasteiger partial charge in [-0.15, -0.1) is 0 Å². The van der Waals surface area contributed by atoms with E-state index in [1.165, 1.54) is 24.7 Å². The van der Waals surface area contributed by atoms with E-state index in [0.717, 1.165) is 0 Å². The van der Waals surface area contributed by atoms with Crippen molar-refractivity contribution in [3.63, 3.8) is 0 Å². The second-order valence-corrected chi connectivity index (χ2v) is 5.94. The highest BCUT2D eigenvalue weighted by Gasteiger charge is 2.20. The lowest BCUT2D eigenvalue weighted by molar-refractivity contribution is 0.592. The standard InChI is InChI=1S/C11H10ClN3O2S/c12-9-6-14-5-3-8(9)7-18(16,17)11-10(13)2-1-4-15-11/h1-6H,7,13H2. The Bertz CT molecular complexity index is 673. The van der Waals surface area contributed by atoms with E-state index in [4.69, 9.17) is 17.3 Å². The fraction of sp³-hybridized carbons (Fsp3) is 0.0909. The molecule has 2 aromatic rings. The average Bonchev–Trinajstić information content (AvgIpc) is 2.32. The van der Waals surface area contributed by atoms with Crippen LogP contribution in [0.1, 0.15) is 5.56 Å². The van der Waals surface area contributed by atoms with E-state index in [0.29, 0.717) is 10.6 Å². The minimum atomic E-state index is -3.61. The Morgan fingerprint density at radius 1 is 1.28 bits per heavy atom. The van der Waals surface area contributed by atoms with E-state index in [-0.39, 0.29) is 16.5 Å². The van der Waals surface area contributed by atoms with Crippen LogP contribution in [0.3, 0.4) is 0 Å². The molecule has 2 N–H and O–H groups in total. The van der Waals surface area contributed by atoms with Crippen LogP contribution in [-0.2, 0) is 15.6 Å². The quantitative estimate of drug-likeness (QED) is 0.926. The molecule has 0 bridgehead atoms. The number of sulfone groups is 1. The van der Waals surface area contributed by atoms with Crippen molar-refractivity contribution in [1.82, 2.24) is 9.97 Å². The number of aromatic nitrogens is 2. The van der Waals surface area contributed by atoms with Crippen LogP contribution in [0.4, 0.5) is 5.69 Å². The molecule has 0 saturated carbocycles. The minimum absolute atomic E-state index is 0.127. The average molecular weight is 284 g/mol. The lowest BCUT2D eigenvalue weighted by Gasteiger charge is -2.07. The van der Waals surface area contributed by atoms with Crippen molar-refractivity contribution in [2.75, 3.05) is 5.73 Å². The summed E-state index contributed by atoms with van der Waals surface area (Å²) in [6, 6.07) is 4.63. The van der Waals surface area contributed by atoms with Gasteiger partial charge in [-0.25, -0.2) is 13.4 Å². The van der Waals surface area contributed by atoms with Crippen molar-refractivity contribution in [3.05, 3.63) is 47.4 Å². The van der Waals surface area contributed by atoms with Crippen molar-refractivity contribution < 1.29 is 8.42 Å². The largest absolute Gasteiger partial charge is 0.396 e. The molecule has 5 nitrogen and oxygen atoms in total. The number of nitrogens with zero attached hydrogens (tertiary/aromatic N) is 2. The number of halogens is 1. The Hall–Kier alpha value is -1.66. The molecule has 0 aliphatic carbocycles. The highest BCUT2D eigenvalue weighted by molar-refractivity contribution is 7.90. The fourth-order valence-corrected chi connectivity index (χ4v) is 3.17. The van der Waals surface area contributed by atoms with E-state index >= 15 is 0 Å². The van der Waals surface area contributed by atoms with Gasteiger partial charge in [0.1, 0.15) is 0 Å². The van der Waals surface area contributed by atoms with Crippen LogP contribution in [0.25, 0.3) is 0 Å². The molecule has 0 unspecified atom stereocenters. The molecular weight excluding hydrogens is 274 g/mol. The van der Waals surface area contributed by atoms with Gasteiger partial charge in [-0.1, -0.05) is 11.6 Å². The molecule has 2 rings (SSSR count). The molecule has 0 aromatic carbocycles. The Morgan fingerprint density at radius 2 is 2.06 bits per heavy atom. The van der Waals surface area contributed by atoms with Crippen molar-refractivity contribution >= 4 is 27.1 Å². The summed E-state index contributed by atoms with van der Waals surface area (Å²) < 4.78 is 24.3. The molecule has 0 radical (unpaired) electrons. The second-order valence-electron chi connectivity index (χ2n) is 3.62. The van der Waals surface area contributed by atoms with Gasteiger partial charge < -0.3 is 5.73 Å². The zero-order valence-electron chi connectivity index (χ0n) is 9.25. The Balaban J connectivity index is 2.40. The van der Waals surface area contributed by atoms with Crippen LogP contribution in [0.5, 0.6) is 0 Å². The van der Waals surface area contributed by atoms with Crippen LogP contribution >= 0.6 is 11.6 Å². The van der Waals surface area contributed by atoms with Gasteiger partial charge in [0.2, 0.25) is 9.84 Å². The zero-order valence-corrected chi connectivity index (χ0v) is 10.8. The highest BCUT2D eigenvalue weighted by atomic mass is 35.5. The SMILES string of the molecule is Nc1cccnc1S(=O)(=O)Cc1ccncc1Cl. The molecule has 94 valence electrons. The maximum atomic E-state index is 12.2. The van der Waals surface area contributed by atoms with Gasteiger partial charge in [0, 0.05) is 18.6 Å². The first-order chi connectivity index (χ1) is 8.50. The molecule has 7 heteroatoms. The summed E-state index contributed by atoms with van der Waals surface area (Å²) in [7, 11) is -3.61. The summed E-state index contributed by atoms with van der Waals surface area (Å²) in [6.07, 6.45) is 4.27. The topological polar surface area (TPSA) is 85.9 Å². The van der Waals surface area contributed by atoms with Crippen LogP contribution in [-0.4, -0.2) is 18.4 Å². The number of hydrogen-bond acceptors (Lipinski definition) is 5. The lowest BCUT2D eigenvalue weighted by atomic mass is 10.3. The monoisotopic (exact) mass is 283 g/mol. The number of rotatable bonds is 3. The first kappa shape index (κ1) is 12.8. The van der Waals surface area contributed by atoms with Crippen molar-refractivity contribution in [2.24, 2.45) is 0 Å². The Morgan fingerprint density at radius 3 is 2.72 bits per heavy atom. The maximum Gasteiger partial charge on any atom is 0.201 e. The molecule has 2 heterocycles. The van der Waals surface area contributed by atoms with Crippen molar-refractivity contribution in [3.8, 4) is 0 Å². The molecule has 18 heavy (non-hydrogen) atoms. The molecular formula is C11H10ClN3O2S. The van der Waals surface area contributed by atoms with Crippen LogP contribution in [0.15, 0.2) is 41.8 Å². The van der Waals surface area contributed by atoms with E-state index in [2.05, 4.69) is 9.97 Å². The summed E-state index contributed by atoms with van der Waals surface area (Å²) in [4.78, 5) is 7.60. The third-order valence-electron chi connectivity index (χ3n) is 2.30. The van der Waals surface area contributed by atoms with Crippen LogP contribution in [0, 0.1) is 0 Å². The summed E-state index contributed by atoms with van der Waals surface area (Å²) in [5.74, 6) is -0.254. The van der Waals surface area contributed by atoms with Crippen molar-refractivity contribution in [2.45, 2.75) is 10.8 Å². The molecule has 0 spiro atoms. The van der Waals surface area contributed by atoms with Crippen molar-refractivity contribution in [1.29, 1.82) is 0 Å². The fourth-order valence-electron chi connectivity index (χ4n) is 1.46. The van der Waals surface area contributed by atoms with Crippen LogP contribution < -0.4 is 5.73 Å². The minimum Gasteiger partial charge on any atom is -0.396 e. The normalized spacial score (nSPS) is 11.4. The lowest BCUT2D eigenvalue weighted by Crippen LogP contribution is -2.10. The summed E-state index contributed by atoms with van der Waals surface area (Å²) in [5, 5.41) is 0.174. The molecule has 0 fully saturated rings. The first-order valence-corrected chi connectivity index (χ1v) is 7.05. The third kappa shape index (κ3) is 2.60. The smallest absolute Gasteiger partial charge is 0.201 e. The van der Waals surface area contributed by atoms with Crippen LogP contribution in [0.2, 0.25) is 5.02 Å². The van der Waals surface area contributed by atoms with E-state index in [1.54, 1.807) is 12.1 Å². The van der Waals surface area contributed by atoms with Gasteiger partial charge in [-0.2, -0.15) is 0 Å². The predicted molar refractivity (Wildman–Crippen MR) is 68.8 cm³/mol. The van der Waals surface area contributed by atoms with Gasteiger partial charge in [0.25, 0.3) is 0 Å². The molecule has 0 aliphatic heterocycles. The molecule has 2 aromatic heterocycles. The van der Waals surface area contributed by atoms with E-state index < -0.39 is 9.84 Å². The third-order valence-corrected chi connectivity index (χ3v) is 4.26. The Kier molecular flexibility index (Phi) is 3.49. The van der Waals surface area contributed by atoms with E-state index in [9.17, 15) is 8.42 Å². The number of nitrogens with two attached hydrogens (primary N) is 1. The Labute approximate surface area is 110 Å². The van der Waals surface area contributed by atoms with Gasteiger partial charge >= 0.3 is 0 Å². The van der Waals surface area contributed by atoms with E-state index in [1.807, 2.05) is 0 Å². The van der Waals surface area contributed by atoms with Gasteiger partial charge in [-0.3, -0.25) is 4.98 Å². The second kappa shape index (κ2) is 4.91. The van der Waals surface area contributed by atoms with Gasteiger partial charge in [-0.05, 0) is 23.8 Å². The maximum absolute atomic E-state index is 12.2. The zero-order chi connectivity index (χ0) is 13.2. The summed E-state index contributed by atoms with van der Waals surface area (Å²) in [6.45, 7) is 0. The summed E-state index contributed by atoms with van der Waals surface area (Å²) >= 11 is 5.88. The number of anilines is 1. The number of pyridine rings is 2. The number of hydrogen-bond donors (Lipinski definition) is 1. The summed E-state index contributed by atoms with van der Waals surface area (Å²) in [5.41, 5.74) is 6.21.